The summed E-state index contributed by atoms with van der Waals surface area (Å²) in [6.45, 7) is 1.97. The van der Waals surface area contributed by atoms with Gasteiger partial charge in [0.1, 0.15) is 11.6 Å². The molecule has 0 saturated carbocycles. The van der Waals surface area contributed by atoms with Crippen molar-refractivity contribution in [3.8, 4) is 5.75 Å². The summed E-state index contributed by atoms with van der Waals surface area (Å²) in [5.41, 5.74) is 2.17. The molecule has 27 heavy (non-hydrogen) atoms. The van der Waals surface area contributed by atoms with Gasteiger partial charge in [-0.3, -0.25) is 9.69 Å². The van der Waals surface area contributed by atoms with Crippen molar-refractivity contribution < 1.29 is 13.9 Å². The number of amides is 1. The van der Waals surface area contributed by atoms with E-state index in [-0.39, 0.29) is 17.8 Å². The number of benzene rings is 2. The molecule has 0 bridgehead atoms. The number of carbonyl (C=O) groups excluding carboxylic acids is 1. The fourth-order valence-corrected chi connectivity index (χ4v) is 4.14. The lowest BCUT2D eigenvalue weighted by atomic mass is 10.0. The highest BCUT2D eigenvalue weighted by Gasteiger charge is 2.28. The minimum Gasteiger partial charge on any atom is -0.493 e. The minimum atomic E-state index is -0.210. The SMILES string of the molecule is O=C(CN1CCCC1Cc1ccc(F)cc1)NC1CCOc2ccccc21. The number of nitrogens with one attached hydrogen (secondary N) is 1. The van der Waals surface area contributed by atoms with E-state index in [1.807, 2.05) is 36.4 Å². The summed E-state index contributed by atoms with van der Waals surface area (Å²) in [5.74, 6) is 0.713. The summed E-state index contributed by atoms with van der Waals surface area (Å²) in [4.78, 5) is 14.9. The molecule has 4 rings (SSSR count). The number of fused-ring (bicyclic) bond motifs is 1. The number of rotatable bonds is 5. The van der Waals surface area contributed by atoms with Crippen molar-refractivity contribution in [1.29, 1.82) is 0 Å². The molecule has 142 valence electrons. The molecular weight excluding hydrogens is 343 g/mol. The van der Waals surface area contributed by atoms with Gasteiger partial charge in [0.25, 0.3) is 0 Å². The van der Waals surface area contributed by atoms with Crippen LogP contribution in [0.3, 0.4) is 0 Å². The van der Waals surface area contributed by atoms with E-state index >= 15 is 0 Å². The summed E-state index contributed by atoms with van der Waals surface area (Å²) in [7, 11) is 0. The fraction of sp³-hybridized carbons (Fsp3) is 0.409. The third-order valence-corrected chi connectivity index (χ3v) is 5.52. The minimum absolute atomic E-state index is 0.0144. The van der Waals surface area contributed by atoms with Gasteiger partial charge in [-0.25, -0.2) is 4.39 Å². The average Bonchev–Trinajstić information content (AvgIpc) is 3.10. The van der Waals surface area contributed by atoms with Gasteiger partial charge in [-0.1, -0.05) is 30.3 Å². The smallest absolute Gasteiger partial charge is 0.234 e. The number of nitrogens with zero attached hydrogens (tertiary/aromatic N) is 1. The Morgan fingerprint density at radius 1 is 1.15 bits per heavy atom. The van der Waals surface area contributed by atoms with E-state index in [0.29, 0.717) is 19.2 Å². The van der Waals surface area contributed by atoms with Crippen LogP contribution in [-0.4, -0.2) is 36.5 Å². The molecule has 4 nitrogen and oxygen atoms in total. The van der Waals surface area contributed by atoms with Crippen LogP contribution >= 0.6 is 0 Å². The lowest BCUT2D eigenvalue weighted by Gasteiger charge is -2.29. The Labute approximate surface area is 159 Å². The summed E-state index contributed by atoms with van der Waals surface area (Å²) in [5, 5.41) is 3.18. The first-order chi connectivity index (χ1) is 13.2. The first kappa shape index (κ1) is 18.0. The van der Waals surface area contributed by atoms with Crippen molar-refractivity contribution >= 4 is 5.91 Å². The zero-order chi connectivity index (χ0) is 18.6. The zero-order valence-electron chi connectivity index (χ0n) is 15.4. The quantitative estimate of drug-likeness (QED) is 0.879. The van der Waals surface area contributed by atoms with E-state index in [0.717, 1.165) is 49.1 Å². The first-order valence-electron chi connectivity index (χ1n) is 9.68. The monoisotopic (exact) mass is 368 g/mol. The van der Waals surface area contributed by atoms with Crippen molar-refractivity contribution in [2.75, 3.05) is 19.7 Å². The largest absolute Gasteiger partial charge is 0.493 e. The van der Waals surface area contributed by atoms with Crippen LogP contribution in [0.5, 0.6) is 5.75 Å². The molecule has 2 heterocycles. The molecule has 2 atom stereocenters. The number of likely N-dealkylation sites (tertiary alicyclic amines) is 1. The standard InChI is InChI=1S/C22H25FN2O2/c23-17-9-7-16(8-10-17)14-18-4-3-12-25(18)15-22(26)24-20-11-13-27-21-6-2-1-5-19(20)21/h1-2,5-10,18,20H,3-4,11-15H2,(H,24,26). The first-order valence-corrected chi connectivity index (χ1v) is 9.68. The van der Waals surface area contributed by atoms with Crippen molar-refractivity contribution in [3.63, 3.8) is 0 Å². The van der Waals surface area contributed by atoms with Gasteiger partial charge in [-0.2, -0.15) is 0 Å². The molecule has 1 amide bonds. The van der Waals surface area contributed by atoms with Crippen LogP contribution in [0.25, 0.3) is 0 Å². The average molecular weight is 368 g/mol. The van der Waals surface area contributed by atoms with Gasteiger partial charge < -0.3 is 10.1 Å². The third kappa shape index (κ3) is 4.30. The highest BCUT2D eigenvalue weighted by Crippen LogP contribution is 2.31. The number of para-hydroxylation sites is 1. The van der Waals surface area contributed by atoms with Crippen molar-refractivity contribution in [2.45, 2.75) is 37.8 Å². The maximum atomic E-state index is 13.1. The Morgan fingerprint density at radius 2 is 1.96 bits per heavy atom. The molecule has 2 aromatic rings. The Morgan fingerprint density at radius 3 is 2.81 bits per heavy atom. The maximum absolute atomic E-state index is 13.1. The Balaban J connectivity index is 1.35. The van der Waals surface area contributed by atoms with Crippen molar-refractivity contribution in [1.82, 2.24) is 10.2 Å². The number of carbonyl (C=O) groups is 1. The molecule has 2 unspecified atom stereocenters. The third-order valence-electron chi connectivity index (χ3n) is 5.52. The number of halogens is 1. The highest BCUT2D eigenvalue weighted by atomic mass is 19.1. The number of ether oxygens (including phenoxy) is 1. The predicted molar refractivity (Wildman–Crippen MR) is 102 cm³/mol. The molecule has 1 saturated heterocycles. The molecule has 1 N–H and O–H groups in total. The molecular formula is C22H25FN2O2. The molecule has 5 heteroatoms. The maximum Gasteiger partial charge on any atom is 0.234 e. The van der Waals surface area contributed by atoms with E-state index in [2.05, 4.69) is 10.2 Å². The van der Waals surface area contributed by atoms with E-state index in [1.165, 1.54) is 12.1 Å². The van der Waals surface area contributed by atoms with Crippen LogP contribution < -0.4 is 10.1 Å². The van der Waals surface area contributed by atoms with Gasteiger partial charge in [0.2, 0.25) is 5.91 Å². The zero-order valence-corrected chi connectivity index (χ0v) is 15.4. The van der Waals surface area contributed by atoms with Crippen LogP contribution in [0, 0.1) is 5.82 Å². The lowest BCUT2D eigenvalue weighted by Crippen LogP contribution is -2.42. The van der Waals surface area contributed by atoms with Gasteiger partial charge in [-0.15, -0.1) is 0 Å². The normalized spacial score (nSPS) is 22.1. The lowest BCUT2D eigenvalue weighted by molar-refractivity contribution is -0.123. The van der Waals surface area contributed by atoms with Gasteiger partial charge in [-0.05, 0) is 49.6 Å². The van der Waals surface area contributed by atoms with Gasteiger partial charge in [0.15, 0.2) is 0 Å². The second kappa shape index (κ2) is 8.09. The Kier molecular flexibility index (Phi) is 5.39. The van der Waals surface area contributed by atoms with Crippen LogP contribution in [0.15, 0.2) is 48.5 Å². The van der Waals surface area contributed by atoms with Crippen molar-refractivity contribution in [3.05, 3.63) is 65.5 Å². The highest BCUT2D eigenvalue weighted by molar-refractivity contribution is 5.78. The molecule has 0 aromatic heterocycles. The second-order valence-corrected chi connectivity index (χ2v) is 7.39. The Bertz CT molecular complexity index is 793. The molecule has 1 fully saturated rings. The van der Waals surface area contributed by atoms with E-state index in [9.17, 15) is 9.18 Å². The summed E-state index contributed by atoms with van der Waals surface area (Å²) < 4.78 is 18.8. The predicted octanol–water partition coefficient (Wildman–Crippen LogP) is 3.47. The molecule has 2 aliphatic heterocycles. The summed E-state index contributed by atoms with van der Waals surface area (Å²) in [6.07, 6.45) is 3.82. The molecule has 2 aliphatic rings. The van der Waals surface area contributed by atoms with Crippen LogP contribution in [0.2, 0.25) is 0 Å². The second-order valence-electron chi connectivity index (χ2n) is 7.39. The van der Waals surface area contributed by atoms with E-state index < -0.39 is 0 Å². The summed E-state index contributed by atoms with van der Waals surface area (Å²) >= 11 is 0. The van der Waals surface area contributed by atoms with Gasteiger partial charge >= 0.3 is 0 Å². The molecule has 0 aliphatic carbocycles. The van der Waals surface area contributed by atoms with Crippen LogP contribution in [0.1, 0.15) is 36.4 Å². The van der Waals surface area contributed by atoms with Gasteiger partial charge in [0.05, 0.1) is 19.2 Å². The van der Waals surface area contributed by atoms with E-state index in [1.54, 1.807) is 0 Å². The van der Waals surface area contributed by atoms with Crippen molar-refractivity contribution in [2.24, 2.45) is 0 Å². The Hall–Kier alpha value is -2.40. The molecule has 0 radical (unpaired) electrons. The topological polar surface area (TPSA) is 41.6 Å². The number of hydrogen-bond donors (Lipinski definition) is 1. The fourth-order valence-electron chi connectivity index (χ4n) is 4.14. The van der Waals surface area contributed by atoms with E-state index in [4.69, 9.17) is 4.74 Å². The van der Waals surface area contributed by atoms with Crippen LogP contribution in [-0.2, 0) is 11.2 Å². The summed E-state index contributed by atoms with van der Waals surface area (Å²) in [6, 6.07) is 14.9. The molecule has 0 spiro atoms. The van der Waals surface area contributed by atoms with Crippen LogP contribution in [0.4, 0.5) is 4.39 Å². The van der Waals surface area contributed by atoms with Gasteiger partial charge in [0, 0.05) is 18.0 Å². The number of hydrogen-bond acceptors (Lipinski definition) is 3. The molecule has 2 aromatic carbocycles.